The Morgan fingerprint density at radius 2 is 2.27 bits per heavy atom. The molecule has 2 heterocycles. The van der Waals surface area contributed by atoms with Gasteiger partial charge in [0.25, 0.3) is 0 Å². The molecule has 1 aromatic heterocycles. The summed E-state index contributed by atoms with van der Waals surface area (Å²) in [5.41, 5.74) is 0. The van der Waals surface area contributed by atoms with Gasteiger partial charge in [-0.1, -0.05) is 23.1 Å². The number of hydrogen-bond donors (Lipinski definition) is 1. The first-order valence-electron chi connectivity index (χ1n) is 4.51. The highest BCUT2D eigenvalue weighted by Crippen LogP contribution is 2.24. The summed E-state index contributed by atoms with van der Waals surface area (Å²) in [6.45, 7) is 3.18. The van der Waals surface area contributed by atoms with Crippen molar-refractivity contribution in [2.75, 3.05) is 12.3 Å². The van der Waals surface area contributed by atoms with E-state index in [-0.39, 0.29) is 24.8 Å². The average molecular weight is 288 g/mol. The van der Waals surface area contributed by atoms with E-state index < -0.39 is 0 Å². The van der Waals surface area contributed by atoms with E-state index in [9.17, 15) is 0 Å². The van der Waals surface area contributed by atoms with E-state index in [1.165, 1.54) is 19.4 Å². The average Bonchev–Trinajstić information content (AvgIpc) is 2.71. The Hall–Kier alpha value is 0.450. The van der Waals surface area contributed by atoms with Crippen molar-refractivity contribution < 1.29 is 0 Å². The van der Waals surface area contributed by atoms with Crippen LogP contribution in [0.15, 0.2) is 4.34 Å². The zero-order valence-electron chi connectivity index (χ0n) is 8.43. The van der Waals surface area contributed by atoms with Crippen LogP contribution in [0.5, 0.6) is 0 Å². The first kappa shape index (κ1) is 15.4. The molecule has 3 nitrogen and oxygen atoms in total. The minimum Gasteiger partial charge on any atom is -0.313 e. The van der Waals surface area contributed by atoms with E-state index in [1.54, 1.807) is 11.3 Å². The fraction of sp³-hybridized carbons (Fsp3) is 0.750. The lowest BCUT2D eigenvalue weighted by molar-refractivity contribution is 0.674. The van der Waals surface area contributed by atoms with Gasteiger partial charge in [-0.2, -0.15) is 0 Å². The second-order valence-corrected chi connectivity index (χ2v) is 5.64. The highest BCUT2D eigenvalue weighted by molar-refractivity contribution is 8.01. The Labute approximate surface area is 111 Å². The number of thioether (sulfide) groups is 1. The smallest absolute Gasteiger partial charge is 0.174 e. The van der Waals surface area contributed by atoms with Crippen molar-refractivity contribution in [1.29, 1.82) is 0 Å². The molecule has 88 valence electrons. The van der Waals surface area contributed by atoms with Gasteiger partial charge < -0.3 is 5.32 Å². The van der Waals surface area contributed by atoms with E-state index in [0.717, 1.165) is 15.1 Å². The van der Waals surface area contributed by atoms with Crippen molar-refractivity contribution in [3.63, 3.8) is 0 Å². The Kier molecular flexibility index (Phi) is 7.91. The molecule has 1 saturated heterocycles. The van der Waals surface area contributed by atoms with Gasteiger partial charge in [0, 0.05) is 11.8 Å². The SMILES string of the molecule is Cc1nnc(SCC2CCCN2)s1.Cl.Cl. The van der Waals surface area contributed by atoms with E-state index in [0.29, 0.717) is 6.04 Å². The maximum Gasteiger partial charge on any atom is 0.174 e. The summed E-state index contributed by atoms with van der Waals surface area (Å²) in [5.74, 6) is 1.13. The van der Waals surface area contributed by atoms with E-state index in [2.05, 4.69) is 15.5 Å². The second kappa shape index (κ2) is 7.68. The normalized spacial score (nSPS) is 19.4. The van der Waals surface area contributed by atoms with E-state index in [4.69, 9.17) is 0 Å². The molecule has 2 rings (SSSR count). The van der Waals surface area contributed by atoms with Gasteiger partial charge in [-0.25, -0.2) is 0 Å². The van der Waals surface area contributed by atoms with Gasteiger partial charge in [0.1, 0.15) is 5.01 Å². The Bertz CT molecular complexity index is 277. The molecule has 0 bridgehead atoms. The molecule has 7 heteroatoms. The standard InChI is InChI=1S/C8H13N3S2.2ClH/c1-6-10-11-8(13-6)12-5-7-3-2-4-9-7;;/h7,9H,2-5H2,1H3;2*1H. The van der Waals surface area contributed by atoms with Gasteiger partial charge in [0.2, 0.25) is 0 Å². The Morgan fingerprint density at radius 1 is 1.47 bits per heavy atom. The van der Waals surface area contributed by atoms with Gasteiger partial charge in [-0.15, -0.1) is 35.0 Å². The molecule has 0 amide bonds. The molecule has 1 unspecified atom stereocenters. The Morgan fingerprint density at radius 3 is 2.80 bits per heavy atom. The molecule has 0 radical (unpaired) electrons. The third kappa shape index (κ3) is 4.87. The van der Waals surface area contributed by atoms with Crippen molar-refractivity contribution >= 4 is 47.9 Å². The summed E-state index contributed by atoms with van der Waals surface area (Å²) in [6, 6.07) is 0.689. The quantitative estimate of drug-likeness (QED) is 0.867. The predicted molar refractivity (Wildman–Crippen MR) is 70.9 cm³/mol. The number of rotatable bonds is 3. The number of nitrogens with zero attached hydrogens (tertiary/aromatic N) is 2. The molecule has 1 aliphatic rings. The van der Waals surface area contributed by atoms with Crippen LogP contribution in [0, 0.1) is 6.92 Å². The summed E-state index contributed by atoms with van der Waals surface area (Å²) >= 11 is 3.50. The number of halogens is 2. The van der Waals surface area contributed by atoms with Gasteiger partial charge in [-0.05, 0) is 26.3 Å². The summed E-state index contributed by atoms with van der Waals surface area (Å²) in [6.07, 6.45) is 2.63. The summed E-state index contributed by atoms with van der Waals surface area (Å²) in [5, 5.41) is 12.6. The van der Waals surface area contributed by atoms with Crippen LogP contribution >= 0.6 is 47.9 Å². The zero-order valence-corrected chi connectivity index (χ0v) is 11.7. The molecule has 1 atom stereocenters. The third-order valence-electron chi connectivity index (χ3n) is 2.08. The molecule has 0 aromatic carbocycles. The van der Waals surface area contributed by atoms with Crippen LogP contribution in [0.1, 0.15) is 17.8 Å². The molecule has 0 saturated carbocycles. The van der Waals surface area contributed by atoms with Gasteiger partial charge in [0.15, 0.2) is 4.34 Å². The number of nitrogens with one attached hydrogen (secondary N) is 1. The Balaban J connectivity index is 0.000000980. The summed E-state index contributed by atoms with van der Waals surface area (Å²) < 4.78 is 1.10. The van der Waals surface area contributed by atoms with E-state index in [1.807, 2.05) is 18.7 Å². The third-order valence-corrected chi connectivity index (χ3v) is 4.21. The zero-order chi connectivity index (χ0) is 9.10. The number of hydrogen-bond acceptors (Lipinski definition) is 5. The summed E-state index contributed by atoms with van der Waals surface area (Å²) in [7, 11) is 0. The number of aromatic nitrogens is 2. The van der Waals surface area contributed by atoms with Crippen LogP contribution in [-0.4, -0.2) is 28.5 Å². The molecule has 0 spiro atoms. The molecule has 0 aliphatic carbocycles. The number of aryl methyl sites for hydroxylation is 1. The molecule has 15 heavy (non-hydrogen) atoms. The van der Waals surface area contributed by atoms with Crippen LogP contribution in [0.2, 0.25) is 0 Å². The van der Waals surface area contributed by atoms with Crippen molar-refractivity contribution in [2.45, 2.75) is 30.1 Å². The predicted octanol–water partition coefficient (Wildman–Crippen LogP) is 2.53. The van der Waals surface area contributed by atoms with Crippen molar-refractivity contribution in [3.05, 3.63) is 5.01 Å². The van der Waals surface area contributed by atoms with Crippen LogP contribution in [0.3, 0.4) is 0 Å². The van der Waals surface area contributed by atoms with Crippen molar-refractivity contribution in [2.24, 2.45) is 0 Å². The second-order valence-electron chi connectivity index (χ2n) is 3.19. The van der Waals surface area contributed by atoms with Crippen LogP contribution in [-0.2, 0) is 0 Å². The van der Waals surface area contributed by atoms with Gasteiger partial charge in [0.05, 0.1) is 0 Å². The molecular weight excluding hydrogens is 273 g/mol. The highest BCUT2D eigenvalue weighted by Gasteiger charge is 2.14. The molecule has 1 aromatic rings. The lowest BCUT2D eigenvalue weighted by Gasteiger charge is -2.06. The molecule has 1 N–H and O–H groups in total. The van der Waals surface area contributed by atoms with Crippen molar-refractivity contribution in [1.82, 2.24) is 15.5 Å². The lowest BCUT2D eigenvalue weighted by Crippen LogP contribution is -2.23. The fourth-order valence-corrected chi connectivity index (χ4v) is 3.35. The van der Waals surface area contributed by atoms with Gasteiger partial charge in [-0.3, -0.25) is 0 Å². The first-order valence-corrected chi connectivity index (χ1v) is 6.31. The topological polar surface area (TPSA) is 37.8 Å². The fourth-order valence-electron chi connectivity index (χ4n) is 1.41. The summed E-state index contributed by atoms with van der Waals surface area (Å²) in [4.78, 5) is 0. The van der Waals surface area contributed by atoms with Crippen LogP contribution in [0.4, 0.5) is 0 Å². The first-order chi connectivity index (χ1) is 6.34. The van der Waals surface area contributed by atoms with Gasteiger partial charge >= 0.3 is 0 Å². The molecular formula is C8H15Cl2N3S2. The monoisotopic (exact) mass is 287 g/mol. The maximum absolute atomic E-state index is 4.08. The minimum absolute atomic E-state index is 0. The van der Waals surface area contributed by atoms with Crippen LogP contribution < -0.4 is 5.32 Å². The highest BCUT2D eigenvalue weighted by atomic mass is 35.5. The molecule has 1 fully saturated rings. The minimum atomic E-state index is 0. The van der Waals surface area contributed by atoms with E-state index >= 15 is 0 Å². The molecule has 1 aliphatic heterocycles. The largest absolute Gasteiger partial charge is 0.313 e. The van der Waals surface area contributed by atoms with Crippen molar-refractivity contribution in [3.8, 4) is 0 Å². The maximum atomic E-state index is 4.08. The lowest BCUT2D eigenvalue weighted by atomic mass is 10.3. The van der Waals surface area contributed by atoms with Crippen LogP contribution in [0.25, 0.3) is 0 Å².